The first-order valence-electron chi connectivity index (χ1n) is 35.4. The number of piperazine rings is 2. The molecule has 9 N–H and O–H groups in total. The van der Waals surface area contributed by atoms with E-state index in [-0.39, 0.29) is 18.2 Å². The van der Waals surface area contributed by atoms with Crippen LogP contribution >= 0.6 is 34.0 Å². The summed E-state index contributed by atoms with van der Waals surface area (Å²) < 4.78 is 6.61. The number of thiophene rings is 3. The molecule has 11 heteroatoms. The van der Waals surface area contributed by atoms with Crippen LogP contribution in [0.25, 0.3) is 118 Å². The molecule has 3 aromatic heterocycles. The highest BCUT2D eigenvalue weighted by Crippen LogP contribution is 2.44. The van der Waals surface area contributed by atoms with Gasteiger partial charge in [0, 0.05) is 131 Å². The predicted octanol–water partition coefficient (Wildman–Crippen LogP) is 19.2. The third-order valence-electron chi connectivity index (χ3n) is 21.0. The van der Waals surface area contributed by atoms with Crippen molar-refractivity contribution in [1.82, 2.24) is 16.0 Å². The first-order chi connectivity index (χ1) is 48.7. The van der Waals surface area contributed by atoms with Crippen molar-refractivity contribution in [3.05, 3.63) is 275 Å². The first kappa shape index (κ1) is 63.4. The lowest BCUT2D eigenvalue weighted by Crippen LogP contribution is -2.54. The molecule has 14 aromatic rings. The molecule has 3 atom stereocenters. The summed E-state index contributed by atoms with van der Waals surface area (Å²) in [7, 11) is 0. The van der Waals surface area contributed by atoms with Gasteiger partial charge < -0.3 is 37.6 Å². The van der Waals surface area contributed by atoms with Crippen molar-refractivity contribution in [1.29, 1.82) is 0 Å². The molecule has 99 heavy (non-hydrogen) atoms. The van der Waals surface area contributed by atoms with E-state index >= 15 is 0 Å². The molecule has 5 heterocycles. The maximum Gasteiger partial charge on any atom is 0.0552 e. The standard InChI is InChI=1S/C88H82N8S3/c89-39-3-5-56-9-14-59(15-10-56)65-22-32-81-74(48-65)75-49-66(23-33-82(75)97-81)60-16-11-57(12-17-60)13-38-87(90)94-54-58-4-1-6-63(46-58)69-26-36-85-78(52-69)79-53-70(27-37-86(79)99-85)64-7-2-8-71(47-64)88(91)80-55-96(45-42-93-80)73-30-20-62(21-31-73)68-25-35-84-77(51-68)76-50-67(24-34-83(76)98-84)61-18-28-72(29-19-61)95-43-40-92-41-44-95/h1-2,4,6-12,14-26,28-36,46-53,80,87-88,92-94H,3,5,13,27,37-45,54-55,89-91H2. The van der Waals surface area contributed by atoms with Gasteiger partial charge in [-0.1, -0.05) is 140 Å². The number of rotatable bonds is 19. The highest BCUT2D eigenvalue weighted by atomic mass is 32.1. The number of nitrogens with one attached hydrogen (secondary N) is 3. The number of anilines is 2. The molecule has 0 amide bonds. The topological polar surface area (TPSA) is 121 Å². The number of aryl methyl sites for hydroxylation is 3. The second kappa shape index (κ2) is 27.9. The Hall–Kier alpha value is -9.08. The Balaban J connectivity index is 0.517. The van der Waals surface area contributed by atoms with Crippen LogP contribution in [0.4, 0.5) is 11.4 Å². The number of nitrogens with two attached hydrogens (primary N) is 3. The number of allylic oxidation sites excluding steroid dienone is 1. The molecule has 2 fully saturated rings. The molecule has 17 rings (SSSR count). The van der Waals surface area contributed by atoms with E-state index in [4.69, 9.17) is 17.2 Å². The summed E-state index contributed by atoms with van der Waals surface area (Å²) >= 11 is 5.69. The average molecular weight is 1350 g/mol. The van der Waals surface area contributed by atoms with Crippen LogP contribution < -0.4 is 43.0 Å². The van der Waals surface area contributed by atoms with E-state index in [1.54, 1.807) is 0 Å². The van der Waals surface area contributed by atoms with Gasteiger partial charge in [-0.3, -0.25) is 5.32 Å². The monoisotopic (exact) mass is 1350 g/mol. The summed E-state index contributed by atoms with van der Waals surface area (Å²) in [5, 5.41) is 17.5. The van der Waals surface area contributed by atoms with Crippen LogP contribution in [0.15, 0.2) is 237 Å². The molecular weight excluding hydrogens is 1270 g/mol. The minimum Gasteiger partial charge on any atom is -0.369 e. The minimum absolute atomic E-state index is 0.102. The predicted molar refractivity (Wildman–Crippen MR) is 427 cm³/mol. The Kier molecular flexibility index (Phi) is 17.9. The fourth-order valence-corrected chi connectivity index (χ4v) is 18.6. The van der Waals surface area contributed by atoms with Gasteiger partial charge in [0.05, 0.1) is 6.17 Å². The zero-order chi connectivity index (χ0) is 66.3. The van der Waals surface area contributed by atoms with Crippen LogP contribution in [0.2, 0.25) is 0 Å². The molecule has 3 unspecified atom stereocenters. The zero-order valence-electron chi connectivity index (χ0n) is 55.8. The van der Waals surface area contributed by atoms with Crippen molar-refractivity contribution in [2.45, 2.75) is 63.3 Å². The Morgan fingerprint density at radius 2 is 0.909 bits per heavy atom. The Morgan fingerprint density at radius 1 is 0.434 bits per heavy atom. The quantitative estimate of drug-likeness (QED) is 0.0443. The smallest absolute Gasteiger partial charge is 0.0552 e. The second-order valence-electron chi connectivity index (χ2n) is 27.4. The Labute approximate surface area is 592 Å². The van der Waals surface area contributed by atoms with Gasteiger partial charge in [-0.05, 0) is 243 Å². The lowest BCUT2D eigenvalue weighted by molar-refractivity contribution is 0.400. The molecular formula is C88H82N8S3. The largest absolute Gasteiger partial charge is 0.369 e. The second-order valence-corrected chi connectivity index (χ2v) is 30.7. The van der Waals surface area contributed by atoms with Crippen molar-refractivity contribution in [2.24, 2.45) is 17.2 Å². The van der Waals surface area contributed by atoms with Gasteiger partial charge in [0.2, 0.25) is 0 Å². The Bertz CT molecular complexity index is 5290. The van der Waals surface area contributed by atoms with Crippen LogP contribution in [0.5, 0.6) is 0 Å². The lowest BCUT2D eigenvalue weighted by Gasteiger charge is -2.38. The number of hydrogen-bond acceptors (Lipinski definition) is 11. The molecule has 2 saturated heterocycles. The van der Waals surface area contributed by atoms with Gasteiger partial charge in [-0.2, -0.15) is 0 Å². The van der Waals surface area contributed by atoms with E-state index in [1.165, 1.54) is 161 Å². The highest BCUT2D eigenvalue weighted by Gasteiger charge is 2.28. The molecule has 8 nitrogen and oxygen atoms in total. The summed E-state index contributed by atoms with van der Waals surface area (Å²) in [6.45, 7) is 8.25. The summed E-state index contributed by atoms with van der Waals surface area (Å²) in [6.07, 6.45) is 8.14. The van der Waals surface area contributed by atoms with Crippen molar-refractivity contribution in [2.75, 3.05) is 62.2 Å². The molecule has 0 saturated carbocycles. The molecule has 3 aliphatic rings. The van der Waals surface area contributed by atoms with E-state index < -0.39 is 0 Å². The van der Waals surface area contributed by atoms with E-state index in [1.807, 2.05) is 34.0 Å². The number of benzene rings is 11. The SMILES string of the molecule is NCCCc1ccc(-c2ccc3sc4ccc(-c5ccc(CCC(N)NCc6cccc(-c7ccc8sc9c(c8c7)C=C(c7cccc(C(N)C8CN(c%10ccc(-c%11ccc%12sc%13ccc(-c%14ccc(N%15CCNCC%15)cc%14)cc%13c%12c%11)cc%10)CCN8)c7)CC9)c6)cc5)cc4c3c2)cc1. The molecule has 1 aliphatic carbocycles. The van der Waals surface area contributed by atoms with Gasteiger partial charge in [-0.25, -0.2) is 0 Å². The number of hydrogen-bond donors (Lipinski definition) is 6. The van der Waals surface area contributed by atoms with E-state index in [0.717, 1.165) is 90.9 Å². The van der Waals surface area contributed by atoms with E-state index in [9.17, 15) is 0 Å². The molecule has 0 radical (unpaired) electrons. The van der Waals surface area contributed by atoms with Gasteiger partial charge in [0.15, 0.2) is 0 Å². The van der Waals surface area contributed by atoms with Crippen LogP contribution in [-0.2, 0) is 25.8 Å². The van der Waals surface area contributed by atoms with E-state index in [0.29, 0.717) is 6.54 Å². The van der Waals surface area contributed by atoms with Gasteiger partial charge >= 0.3 is 0 Å². The zero-order valence-corrected chi connectivity index (χ0v) is 58.2. The van der Waals surface area contributed by atoms with Crippen molar-refractivity contribution in [3.63, 3.8) is 0 Å². The summed E-state index contributed by atoms with van der Waals surface area (Å²) in [4.78, 5) is 6.44. The number of fused-ring (bicyclic) bond motifs is 9. The fourth-order valence-electron chi connectivity index (χ4n) is 15.3. The van der Waals surface area contributed by atoms with Crippen LogP contribution in [-0.4, -0.2) is 64.6 Å². The van der Waals surface area contributed by atoms with Crippen molar-refractivity contribution < 1.29 is 0 Å². The van der Waals surface area contributed by atoms with Crippen molar-refractivity contribution in [3.8, 4) is 55.6 Å². The summed E-state index contributed by atoms with van der Waals surface area (Å²) in [6, 6.07) is 89.1. The summed E-state index contributed by atoms with van der Waals surface area (Å²) in [5.74, 6) is 0. The molecule has 11 aromatic carbocycles. The maximum absolute atomic E-state index is 7.29. The highest BCUT2D eigenvalue weighted by molar-refractivity contribution is 7.26. The molecule has 492 valence electrons. The fraction of sp³-hybridized carbons (Fsp3) is 0.205. The minimum atomic E-state index is -0.162. The number of nitrogens with zero attached hydrogens (tertiary/aromatic N) is 2. The Morgan fingerprint density at radius 3 is 1.48 bits per heavy atom. The lowest BCUT2D eigenvalue weighted by atomic mass is 9.89. The normalized spacial score (nSPS) is 15.7. The maximum atomic E-state index is 7.29. The molecule has 2 aliphatic heterocycles. The summed E-state index contributed by atoms with van der Waals surface area (Å²) in [5.41, 5.74) is 43.8. The van der Waals surface area contributed by atoms with Gasteiger partial charge in [0.1, 0.15) is 0 Å². The van der Waals surface area contributed by atoms with Gasteiger partial charge in [0.25, 0.3) is 0 Å². The van der Waals surface area contributed by atoms with Gasteiger partial charge in [-0.15, -0.1) is 34.0 Å². The van der Waals surface area contributed by atoms with Crippen LogP contribution in [0.3, 0.4) is 0 Å². The molecule has 0 bridgehead atoms. The van der Waals surface area contributed by atoms with Crippen LogP contribution in [0.1, 0.15) is 63.6 Å². The van der Waals surface area contributed by atoms with Crippen LogP contribution in [0, 0.1) is 0 Å². The third-order valence-corrected chi connectivity index (χ3v) is 24.6. The molecule has 0 spiro atoms. The average Bonchev–Trinajstić information content (AvgIpc) is 1.65. The van der Waals surface area contributed by atoms with Crippen molar-refractivity contribution >= 4 is 107 Å². The van der Waals surface area contributed by atoms with E-state index in [2.05, 4.69) is 268 Å². The third kappa shape index (κ3) is 13.3. The first-order valence-corrected chi connectivity index (χ1v) is 37.9.